The number of aromatic nitrogens is 1. The third kappa shape index (κ3) is 3.41. The molecule has 0 spiro atoms. The van der Waals surface area contributed by atoms with E-state index in [-0.39, 0.29) is 0 Å². The van der Waals surface area contributed by atoms with Crippen LogP contribution < -0.4 is 15.2 Å². The summed E-state index contributed by atoms with van der Waals surface area (Å²) < 4.78 is 10.6. The van der Waals surface area contributed by atoms with Gasteiger partial charge in [-0.2, -0.15) is 0 Å². The molecular formula is C16H22N2O2. The number of nitrogens with zero attached hydrogens (tertiary/aromatic N) is 1. The highest BCUT2D eigenvalue weighted by atomic mass is 16.5. The lowest BCUT2D eigenvalue weighted by atomic mass is 10.0. The molecule has 4 heteroatoms. The second kappa shape index (κ2) is 7.38. The van der Waals surface area contributed by atoms with Gasteiger partial charge in [0.25, 0.3) is 0 Å². The first kappa shape index (κ1) is 15.8. The van der Waals surface area contributed by atoms with Gasteiger partial charge in [0.2, 0.25) is 0 Å². The van der Waals surface area contributed by atoms with Crippen molar-refractivity contribution in [2.45, 2.75) is 20.8 Å². The monoisotopic (exact) mass is 274 g/mol. The number of anilines is 1. The van der Waals surface area contributed by atoms with Crippen molar-refractivity contribution in [3.63, 3.8) is 0 Å². The molecule has 4 nitrogen and oxygen atoms in total. The molecule has 0 radical (unpaired) electrons. The van der Waals surface area contributed by atoms with E-state index in [1.165, 1.54) is 0 Å². The molecule has 0 aliphatic heterocycles. The normalized spacial score (nSPS) is 9.45. The summed E-state index contributed by atoms with van der Waals surface area (Å²) in [6.45, 7) is 5.94. The van der Waals surface area contributed by atoms with Crippen LogP contribution in [0.25, 0.3) is 11.1 Å². The maximum absolute atomic E-state index is 5.78. The van der Waals surface area contributed by atoms with Crippen LogP contribution in [0.4, 0.5) is 5.69 Å². The second-order valence-corrected chi connectivity index (χ2v) is 3.97. The quantitative estimate of drug-likeness (QED) is 0.927. The van der Waals surface area contributed by atoms with Crippen LogP contribution in [0.3, 0.4) is 0 Å². The molecule has 0 bridgehead atoms. The van der Waals surface area contributed by atoms with E-state index in [1.54, 1.807) is 20.4 Å². The summed E-state index contributed by atoms with van der Waals surface area (Å²) in [5.74, 6) is 1.50. The summed E-state index contributed by atoms with van der Waals surface area (Å²) in [5.41, 5.74) is 9.25. The van der Waals surface area contributed by atoms with Gasteiger partial charge < -0.3 is 15.2 Å². The highest BCUT2D eigenvalue weighted by molar-refractivity contribution is 5.75. The zero-order valence-electron chi connectivity index (χ0n) is 12.7. The molecule has 0 aliphatic rings. The van der Waals surface area contributed by atoms with Gasteiger partial charge in [0.15, 0.2) is 0 Å². The Morgan fingerprint density at radius 3 is 2.30 bits per heavy atom. The van der Waals surface area contributed by atoms with Gasteiger partial charge in [-0.15, -0.1) is 0 Å². The summed E-state index contributed by atoms with van der Waals surface area (Å²) in [6.07, 6.45) is 1.65. The number of aryl methyl sites for hydroxylation is 1. The van der Waals surface area contributed by atoms with Crippen LogP contribution in [0.15, 0.2) is 30.5 Å². The fraction of sp³-hybridized carbons (Fsp3) is 0.312. The third-order valence-electron chi connectivity index (χ3n) is 2.81. The van der Waals surface area contributed by atoms with E-state index in [4.69, 9.17) is 15.2 Å². The van der Waals surface area contributed by atoms with Gasteiger partial charge >= 0.3 is 0 Å². The number of nitrogens with two attached hydrogens (primary N) is 1. The zero-order chi connectivity index (χ0) is 15.1. The van der Waals surface area contributed by atoms with Crippen LogP contribution in [-0.2, 0) is 0 Å². The smallest absolute Gasteiger partial charge is 0.130 e. The van der Waals surface area contributed by atoms with Gasteiger partial charge in [-0.05, 0) is 25.1 Å². The van der Waals surface area contributed by atoms with Crippen molar-refractivity contribution >= 4 is 5.69 Å². The summed E-state index contributed by atoms with van der Waals surface area (Å²) >= 11 is 0. The summed E-state index contributed by atoms with van der Waals surface area (Å²) in [6, 6.07) is 7.58. The second-order valence-electron chi connectivity index (χ2n) is 3.97. The van der Waals surface area contributed by atoms with Crippen molar-refractivity contribution in [1.29, 1.82) is 0 Å². The molecule has 0 saturated heterocycles. The van der Waals surface area contributed by atoms with Crippen molar-refractivity contribution in [3.05, 3.63) is 36.2 Å². The predicted molar refractivity (Wildman–Crippen MR) is 83.3 cm³/mol. The van der Waals surface area contributed by atoms with Crippen LogP contribution >= 0.6 is 0 Å². The van der Waals surface area contributed by atoms with Crippen molar-refractivity contribution in [3.8, 4) is 22.6 Å². The molecule has 108 valence electrons. The molecule has 1 aromatic carbocycles. The predicted octanol–water partition coefficient (Wildman–Crippen LogP) is 3.68. The third-order valence-corrected chi connectivity index (χ3v) is 2.81. The molecule has 20 heavy (non-hydrogen) atoms. The largest absolute Gasteiger partial charge is 0.497 e. The number of rotatable bonds is 3. The molecule has 0 unspecified atom stereocenters. The molecule has 1 aromatic heterocycles. The van der Waals surface area contributed by atoms with Crippen molar-refractivity contribution in [2.75, 3.05) is 20.0 Å². The van der Waals surface area contributed by atoms with Crippen molar-refractivity contribution in [1.82, 2.24) is 4.98 Å². The minimum Gasteiger partial charge on any atom is -0.497 e. The Morgan fingerprint density at radius 1 is 1.00 bits per heavy atom. The zero-order valence-corrected chi connectivity index (χ0v) is 12.7. The van der Waals surface area contributed by atoms with E-state index in [0.717, 1.165) is 28.3 Å². The molecule has 2 rings (SSSR count). The fourth-order valence-electron chi connectivity index (χ4n) is 1.84. The highest BCUT2D eigenvalue weighted by Crippen LogP contribution is 2.35. The van der Waals surface area contributed by atoms with E-state index < -0.39 is 0 Å². The first-order chi connectivity index (χ1) is 9.65. The minimum absolute atomic E-state index is 0.633. The molecule has 0 fully saturated rings. The van der Waals surface area contributed by atoms with Gasteiger partial charge in [-0.3, -0.25) is 4.98 Å². The van der Waals surface area contributed by atoms with Gasteiger partial charge in [0.05, 0.1) is 26.1 Å². The summed E-state index contributed by atoms with van der Waals surface area (Å²) in [7, 11) is 3.26. The van der Waals surface area contributed by atoms with Gasteiger partial charge in [0, 0.05) is 22.9 Å². The van der Waals surface area contributed by atoms with Crippen molar-refractivity contribution in [2.24, 2.45) is 0 Å². The molecule has 0 amide bonds. The lowest BCUT2D eigenvalue weighted by Crippen LogP contribution is -1.95. The molecule has 2 N–H and O–H groups in total. The van der Waals surface area contributed by atoms with Crippen molar-refractivity contribution < 1.29 is 9.47 Å². The molecule has 0 saturated carbocycles. The summed E-state index contributed by atoms with van der Waals surface area (Å²) in [4.78, 5) is 4.26. The van der Waals surface area contributed by atoms with Crippen LogP contribution in [0.5, 0.6) is 11.5 Å². The van der Waals surface area contributed by atoms with Gasteiger partial charge in [-0.1, -0.05) is 13.8 Å². The number of pyridine rings is 1. The Balaban J connectivity index is 0.000000956. The Kier molecular flexibility index (Phi) is 5.84. The van der Waals surface area contributed by atoms with E-state index in [9.17, 15) is 0 Å². The first-order valence-corrected chi connectivity index (χ1v) is 6.60. The molecule has 2 aromatic rings. The maximum atomic E-state index is 5.78. The Labute approximate surface area is 120 Å². The molecular weight excluding hydrogens is 252 g/mol. The number of hydrogen-bond acceptors (Lipinski definition) is 4. The fourth-order valence-corrected chi connectivity index (χ4v) is 1.84. The van der Waals surface area contributed by atoms with Crippen LogP contribution in [0.1, 0.15) is 19.5 Å². The Hall–Kier alpha value is -2.23. The van der Waals surface area contributed by atoms with Crippen LogP contribution in [0, 0.1) is 6.92 Å². The van der Waals surface area contributed by atoms with E-state index >= 15 is 0 Å². The number of nitrogen functional groups attached to an aromatic ring is 1. The van der Waals surface area contributed by atoms with Crippen LogP contribution in [0.2, 0.25) is 0 Å². The molecule has 0 aliphatic carbocycles. The van der Waals surface area contributed by atoms with E-state index in [2.05, 4.69) is 4.98 Å². The standard InChI is InChI=1S/C14H16N2O2.C2H6/c1-9-13(6-10(15)8-16-9)12-5-4-11(17-2)7-14(12)18-3;1-2/h4-8H,15H2,1-3H3;1-2H3. The molecule has 0 atom stereocenters. The van der Waals surface area contributed by atoms with E-state index in [1.807, 2.05) is 45.0 Å². The Morgan fingerprint density at radius 2 is 1.70 bits per heavy atom. The van der Waals surface area contributed by atoms with E-state index in [0.29, 0.717) is 5.69 Å². The van der Waals surface area contributed by atoms with Crippen LogP contribution in [-0.4, -0.2) is 19.2 Å². The lowest BCUT2D eigenvalue weighted by molar-refractivity contribution is 0.395. The number of ether oxygens (including phenoxy) is 2. The topological polar surface area (TPSA) is 57.4 Å². The summed E-state index contributed by atoms with van der Waals surface area (Å²) in [5, 5.41) is 0. The SMILES string of the molecule is CC.COc1ccc(-c2cc(N)cnc2C)c(OC)c1. The van der Waals surface area contributed by atoms with Gasteiger partial charge in [-0.25, -0.2) is 0 Å². The first-order valence-electron chi connectivity index (χ1n) is 6.60. The lowest BCUT2D eigenvalue weighted by Gasteiger charge is -2.12. The number of hydrogen-bond donors (Lipinski definition) is 1. The number of benzene rings is 1. The average molecular weight is 274 g/mol. The Bertz CT molecular complexity index is 568. The number of methoxy groups -OCH3 is 2. The van der Waals surface area contributed by atoms with Gasteiger partial charge in [0.1, 0.15) is 11.5 Å². The highest BCUT2D eigenvalue weighted by Gasteiger charge is 2.10. The molecule has 1 heterocycles. The minimum atomic E-state index is 0.633. The maximum Gasteiger partial charge on any atom is 0.130 e. The average Bonchev–Trinajstić information content (AvgIpc) is 2.51.